The maximum absolute atomic E-state index is 12.2. The van der Waals surface area contributed by atoms with E-state index in [0.29, 0.717) is 5.56 Å². The molecule has 0 bridgehead atoms. The van der Waals surface area contributed by atoms with Gasteiger partial charge in [0.15, 0.2) is 0 Å². The Hall–Kier alpha value is -2.99. The molecule has 7 N–H and O–H groups in total. The van der Waals surface area contributed by atoms with Gasteiger partial charge in [-0.25, -0.2) is 0 Å². The molecule has 0 aromatic heterocycles. The Balaban J connectivity index is 2.83. The normalized spacial score (nSPS) is 12.6. The van der Waals surface area contributed by atoms with Crippen molar-refractivity contribution in [1.29, 1.82) is 0 Å². The first-order chi connectivity index (χ1) is 13.5. The minimum atomic E-state index is -1.52. The second kappa shape index (κ2) is 11.1. The van der Waals surface area contributed by atoms with Gasteiger partial charge in [0.25, 0.3) is 0 Å². The summed E-state index contributed by atoms with van der Waals surface area (Å²) in [4.78, 5) is 45.7. The van der Waals surface area contributed by atoms with Crippen molar-refractivity contribution in [2.45, 2.75) is 36.7 Å². The molecule has 29 heavy (non-hydrogen) atoms. The van der Waals surface area contributed by atoms with Gasteiger partial charge in [-0.1, -0.05) is 0 Å². The highest BCUT2D eigenvalue weighted by atomic mass is 32.2. The van der Waals surface area contributed by atoms with Gasteiger partial charge in [0.2, 0.25) is 11.8 Å². The molecule has 0 aliphatic carbocycles. The number of aryl methyl sites for hydroxylation is 1. The summed E-state index contributed by atoms with van der Waals surface area (Å²) in [5.74, 6) is -4.70. The second-order valence-electron chi connectivity index (χ2n) is 6.18. The SMILES string of the molecule is Cc1cc(O)cc(SC[C@H](NC(=O)CC[C@H]([NH3+])C(=O)[O-])C(=O)NCC(=O)[O-])c1O. The summed E-state index contributed by atoms with van der Waals surface area (Å²) >= 11 is 0.952. The van der Waals surface area contributed by atoms with Crippen molar-refractivity contribution < 1.29 is 45.3 Å². The molecule has 0 heterocycles. The van der Waals surface area contributed by atoms with Gasteiger partial charge >= 0.3 is 0 Å². The van der Waals surface area contributed by atoms with Crippen LogP contribution in [-0.2, 0) is 19.2 Å². The Labute approximate surface area is 170 Å². The van der Waals surface area contributed by atoms with E-state index >= 15 is 0 Å². The van der Waals surface area contributed by atoms with Gasteiger partial charge in [0, 0.05) is 18.6 Å². The predicted molar refractivity (Wildman–Crippen MR) is 96.1 cm³/mol. The van der Waals surface area contributed by atoms with Crippen LogP contribution in [0.4, 0.5) is 0 Å². The number of phenolic OH excluding ortho intramolecular Hbond substituents is 2. The number of rotatable bonds is 11. The molecule has 11 nitrogen and oxygen atoms in total. The number of quaternary nitrogens is 1. The third-order valence-electron chi connectivity index (χ3n) is 3.77. The molecule has 0 unspecified atom stereocenters. The van der Waals surface area contributed by atoms with Crippen LogP contribution in [0, 0.1) is 6.92 Å². The van der Waals surface area contributed by atoms with Crippen molar-refractivity contribution in [2.75, 3.05) is 12.3 Å². The third kappa shape index (κ3) is 8.27. The Morgan fingerprint density at radius 3 is 2.45 bits per heavy atom. The molecule has 2 atom stereocenters. The molecule has 0 radical (unpaired) electrons. The molecular weight excluding hydrogens is 406 g/mol. The maximum Gasteiger partial charge on any atom is 0.243 e. The molecule has 0 aliphatic rings. The number of nitrogens with one attached hydrogen (secondary N) is 2. The van der Waals surface area contributed by atoms with Gasteiger partial charge in [-0.15, -0.1) is 11.8 Å². The van der Waals surface area contributed by atoms with E-state index in [1.165, 1.54) is 12.1 Å². The van der Waals surface area contributed by atoms with Crippen molar-refractivity contribution in [3.63, 3.8) is 0 Å². The fraction of sp³-hybridized carbons (Fsp3) is 0.412. The van der Waals surface area contributed by atoms with Crippen LogP contribution in [0.25, 0.3) is 0 Å². The third-order valence-corrected chi connectivity index (χ3v) is 4.89. The van der Waals surface area contributed by atoms with Gasteiger partial charge in [-0.3, -0.25) is 9.59 Å². The van der Waals surface area contributed by atoms with Crippen molar-refractivity contribution >= 4 is 35.5 Å². The lowest BCUT2D eigenvalue weighted by Crippen LogP contribution is -2.68. The molecule has 12 heteroatoms. The second-order valence-corrected chi connectivity index (χ2v) is 7.25. The zero-order valence-corrected chi connectivity index (χ0v) is 16.4. The topological polar surface area (TPSA) is 207 Å². The first-order valence-corrected chi connectivity index (χ1v) is 9.46. The van der Waals surface area contributed by atoms with Crippen molar-refractivity contribution in [3.8, 4) is 11.5 Å². The molecule has 0 saturated carbocycles. The molecule has 0 aliphatic heterocycles. The van der Waals surface area contributed by atoms with Crippen LogP contribution in [0.2, 0.25) is 0 Å². The van der Waals surface area contributed by atoms with E-state index in [0.717, 1.165) is 11.8 Å². The number of amides is 2. The Morgan fingerprint density at radius 1 is 1.21 bits per heavy atom. The Bertz CT molecular complexity index is 786. The molecule has 1 aromatic carbocycles. The fourth-order valence-corrected chi connectivity index (χ4v) is 3.25. The number of carbonyl (C=O) groups excluding carboxylic acids is 4. The number of thioether (sulfide) groups is 1. The van der Waals surface area contributed by atoms with Gasteiger partial charge in [0.05, 0.1) is 23.4 Å². The quantitative estimate of drug-likeness (QED) is 0.172. The van der Waals surface area contributed by atoms with Crippen LogP contribution in [0.1, 0.15) is 18.4 Å². The number of benzene rings is 1. The molecule has 1 aromatic rings. The van der Waals surface area contributed by atoms with Gasteiger partial charge < -0.3 is 46.4 Å². The maximum atomic E-state index is 12.2. The van der Waals surface area contributed by atoms with Crippen LogP contribution >= 0.6 is 11.8 Å². The number of aromatic hydroxyl groups is 2. The summed E-state index contributed by atoms with van der Waals surface area (Å²) < 4.78 is 0. The van der Waals surface area contributed by atoms with Crippen LogP contribution in [0.3, 0.4) is 0 Å². The molecule has 0 spiro atoms. The average molecular weight is 428 g/mol. The van der Waals surface area contributed by atoms with Crippen LogP contribution in [0.5, 0.6) is 11.5 Å². The highest BCUT2D eigenvalue weighted by Crippen LogP contribution is 2.35. The fourth-order valence-electron chi connectivity index (χ4n) is 2.17. The summed E-state index contributed by atoms with van der Waals surface area (Å²) in [6, 6.07) is 0.323. The smallest absolute Gasteiger partial charge is 0.243 e. The number of carboxylic acid groups (broad SMARTS) is 2. The van der Waals surface area contributed by atoms with E-state index in [4.69, 9.17) is 0 Å². The molecule has 1 rings (SSSR count). The van der Waals surface area contributed by atoms with Gasteiger partial charge in [-0.05, 0) is 24.6 Å². The number of carboxylic acids is 2. The van der Waals surface area contributed by atoms with E-state index in [1.807, 2.05) is 0 Å². The van der Waals surface area contributed by atoms with E-state index in [2.05, 4.69) is 16.4 Å². The first kappa shape index (κ1) is 24.0. The molecule has 0 fully saturated rings. The van der Waals surface area contributed by atoms with E-state index < -0.39 is 42.4 Å². The highest BCUT2D eigenvalue weighted by molar-refractivity contribution is 7.99. The lowest BCUT2D eigenvalue weighted by Gasteiger charge is -2.19. The zero-order chi connectivity index (χ0) is 22.1. The minimum Gasteiger partial charge on any atom is -0.548 e. The van der Waals surface area contributed by atoms with Gasteiger partial charge in [-0.2, -0.15) is 0 Å². The summed E-state index contributed by atoms with van der Waals surface area (Å²) in [6.45, 7) is 0.801. The van der Waals surface area contributed by atoms with E-state index in [-0.39, 0.29) is 35.0 Å². The Kier molecular flexibility index (Phi) is 9.22. The minimum absolute atomic E-state index is 0.102. The van der Waals surface area contributed by atoms with Crippen LogP contribution in [0.15, 0.2) is 17.0 Å². The largest absolute Gasteiger partial charge is 0.548 e. The number of phenols is 2. The van der Waals surface area contributed by atoms with Crippen molar-refractivity contribution in [3.05, 3.63) is 17.7 Å². The average Bonchev–Trinajstić information content (AvgIpc) is 2.64. The molecule has 0 saturated heterocycles. The zero-order valence-electron chi connectivity index (χ0n) is 15.6. The number of carbonyl (C=O) groups is 4. The van der Waals surface area contributed by atoms with Crippen LogP contribution in [-0.4, -0.2) is 58.3 Å². The Morgan fingerprint density at radius 2 is 1.86 bits per heavy atom. The van der Waals surface area contributed by atoms with Crippen LogP contribution < -0.4 is 26.6 Å². The molecule has 160 valence electrons. The van der Waals surface area contributed by atoms with Gasteiger partial charge in [0.1, 0.15) is 23.6 Å². The highest BCUT2D eigenvalue weighted by Gasteiger charge is 2.22. The molecule has 2 amide bonds. The number of hydrogen-bond donors (Lipinski definition) is 5. The number of aliphatic carboxylic acids is 2. The summed E-state index contributed by atoms with van der Waals surface area (Å²) in [7, 11) is 0. The summed E-state index contributed by atoms with van der Waals surface area (Å²) in [5, 5.41) is 45.4. The lowest BCUT2D eigenvalue weighted by atomic mass is 10.1. The molecular formula is C17H22N3O8S-. The summed E-state index contributed by atoms with van der Waals surface area (Å²) in [5.41, 5.74) is 3.73. The number of hydrogen-bond acceptors (Lipinski definition) is 9. The standard InChI is InChI=1S/C17H23N3O8S/c1-8-4-9(21)5-12(15(8)25)29-7-11(16(26)19-6-14(23)24)20-13(22)3-2-10(18)17(27)28/h4-5,10-11,21,25H,2-3,6-7,18H2,1H3,(H,19,26)(H,20,22)(H,23,24)(H,27,28)/p-1/t10-,11-/m0/s1. The van der Waals surface area contributed by atoms with E-state index in [9.17, 15) is 39.6 Å². The lowest BCUT2D eigenvalue weighted by molar-refractivity contribution is -0.438. The summed E-state index contributed by atoms with van der Waals surface area (Å²) in [6.07, 6.45) is -0.352. The predicted octanol–water partition coefficient (Wildman–Crippen LogP) is -4.01. The monoisotopic (exact) mass is 428 g/mol. The van der Waals surface area contributed by atoms with E-state index in [1.54, 1.807) is 6.92 Å². The van der Waals surface area contributed by atoms with Crippen molar-refractivity contribution in [2.24, 2.45) is 0 Å². The first-order valence-electron chi connectivity index (χ1n) is 8.47. The van der Waals surface area contributed by atoms with Crippen molar-refractivity contribution in [1.82, 2.24) is 10.6 Å².